The van der Waals surface area contributed by atoms with E-state index in [-0.39, 0.29) is 23.4 Å². The molecule has 1 N–H and O–H groups in total. The molecule has 1 aromatic rings. The van der Waals surface area contributed by atoms with Crippen LogP contribution in [0.3, 0.4) is 0 Å². The Bertz CT molecular complexity index is 510. The standard InChI is InChI=1S/C15H19FN2O2S/c16-12-4-1-5-13(10-12)21-11-14(19)17-7-3-9-18-8-2-6-15(18)20/h1,4-5,10H,2-3,6-9,11H2,(H,17,19). The Hall–Kier alpha value is -1.56. The number of nitrogens with one attached hydrogen (secondary N) is 1. The molecular weight excluding hydrogens is 291 g/mol. The van der Waals surface area contributed by atoms with E-state index in [1.807, 2.05) is 4.90 Å². The molecule has 1 aliphatic rings. The number of rotatable bonds is 7. The minimum Gasteiger partial charge on any atom is -0.355 e. The highest BCUT2D eigenvalue weighted by atomic mass is 32.2. The third-order valence-corrected chi connectivity index (χ3v) is 4.26. The molecule has 0 aliphatic carbocycles. The average molecular weight is 310 g/mol. The van der Waals surface area contributed by atoms with E-state index >= 15 is 0 Å². The number of hydrogen-bond donors (Lipinski definition) is 1. The highest BCUT2D eigenvalue weighted by Gasteiger charge is 2.18. The molecule has 0 radical (unpaired) electrons. The fraction of sp³-hybridized carbons (Fsp3) is 0.467. The number of likely N-dealkylation sites (tertiary alicyclic amines) is 1. The van der Waals surface area contributed by atoms with Gasteiger partial charge in [0.15, 0.2) is 0 Å². The summed E-state index contributed by atoms with van der Waals surface area (Å²) in [5.41, 5.74) is 0. The molecule has 6 heteroatoms. The molecule has 2 rings (SSSR count). The lowest BCUT2D eigenvalue weighted by Gasteiger charge is -2.15. The zero-order valence-corrected chi connectivity index (χ0v) is 12.6. The van der Waals surface area contributed by atoms with Gasteiger partial charge in [-0.1, -0.05) is 6.07 Å². The van der Waals surface area contributed by atoms with Gasteiger partial charge >= 0.3 is 0 Å². The van der Waals surface area contributed by atoms with Gasteiger partial charge in [0, 0.05) is 31.0 Å². The molecular formula is C15H19FN2O2S. The maximum atomic E-state index is 13.0. The van der Waals surface area contributed by atoms with E-state index in [0.717, 1.165) is 24.3 Å². The third kappa shape index (κ3) is 5.38. The van der Waals surface area contributed by atoms with Crippen molar-refractivity contribution in [2.24, 2.45) is 0 Å². The van der Waals surface area contributed by atoms with E-state index in [4.69, 9.17) is 0 Å². The molecule has 114 valence electrons. The second kappa shape index (κ2) is 8.02. The summed E-state index contributed by atoms with van der Waals surface area (Å²) in [6, 6.07) is 6.20. The van der Waals surface area contributed by atoms with Crippen LogP contribution in [0.1, 0.15) is 19.3 Å². The molecule has 1 saturated heterocycles. The van der Waals surface area contributed by atoms with Gasteiger partial charge < -0.3 is 10.2 Å². The lowest BCUT2D eigenvalue weighted by atomic mass is 10.3. The molecule has 0 spiro atoms. The normalized spacial score (nSPS) is 14.5. The summed E-state index contributed by atoms with van der Waals surface area (Å²) in [5, 5.41) is 2.81. The number of halogens is 1. The fourth-order valence-corrected chi connectivity index (χ4v) is 2.97. The summed E-state index contributed by atoms with van der Waals surface area (Å²) in [6.45, 7) is 2.10. The smallest absolute Gasteiger partial charge is 0.230 e. The van der Waals surface area contributed by atoms with Gasteiger partial charge in [-0.25, -0.2) is 4.39 Å². The van der Waals surface area contributed by atoms with Gasteiger partial charge in [-0.3, -0.25) is 9.59 Å². The van der Waals surface area contributed by atoms with Crippen molar-refractivity contribution in [2.45, 2.75) is 24.2 Å². The molecule has 0 saturated carbocycles. The number of nitrogens with zero attached hydrogens (tertiary/aromatic N) is 1. The predicted octanol–water partition coefficient (Wildman–Crippen LogP) is 2.05. The second-order valence-corrected chi connectivity index (χ2v) is 5.98. The first kappa shape index (κ1) is 15.8. The molecule has 1 heterocycles. The third-order valence-electron chi connectivity index (χ3n) is 3.26. The minimum absolute atomic E-state index is 0.0722. The van der Waals surface area contributed by atoms with Crippen LogP contribution < -0.4 is 5.32 Å². The average Bonchev–Trinajstić information content (AvgIpc) is 2.87. The fourth-order valence-electron chi connectivity index (χ4n) is 2.19. The maximum absolute atomic E-state index is 13.0. The number of benzene rings is 1. The van der Waals surface area contributed by atoms with Crippen LogP contribution in [0.4, 0.5) is 4.39 Å². The first-order valence-electron chi connectivity index (χ1n) is 7.08. The molecule has 21 heavy (non-hydrogen) atoms. The largest absolute Gasteiger partial charge is 0.355 e. The molecule has 0 aromatic heterocycles. The summed E-state index contributed by atoms with van der Waals surface area (Å²) in [4.78, 5) is 25.6. The van der Waals surface area contributed by atoms with Crippen LogP contribution >= 0.6 is 11.8 Å². The number of amides is 2. The van der Waals surface area contributed by atoms with Crippen molar-refractivity contribution >= 4 is 23.6 Å². The Morgan fingerprint density at radius 2 is 2.29 bits per heavy atom. The van der Waals surface area contributed by atoms with Crippen molar-refractivity contribution in [3.63, 3.8) is 0 Å². The van der Waals surface area contributed by atoms with E-state index in [2.05, 4.69) is 5.32 Å². The van der Waals surface area contributed by atoms with E-state index < -0.39 is 0 Å². The Balaban J connectivity index is 1.58. The summed E-state index contributed by atoms with van der Waals surface area (Å²) in [5.74, 6) is 0.113. The summed E-state index contributed by atoms with van der Waals surface area (Å²) in [7, 11) is 0. The van der Waals surface area contributed by atoms with Crippen molar-refractivity contribution in [3.05, 3.63) is 30.1 Å². The predicted molar refractivity (Wildman–Crippen MR) is 80.6 cm³/mol. The first-order valence-corrected chi connectivity index (χ1v) is 8.06. The van der Waals surface area contributed by atoms with Gasteiger partial charge in [0.05, 0.1) is 5.75 Å². The van der Waals surface area contributed by atoms with Crippen LogP contribution in [0.25, 0.3) is 0 Å². The van der Waals surface area contributed by atoms with Crippen LogP contribution in [0.15, 0.2) is 29.2 Å². The number of hydrogen-bond acceptors (Lipinski definition) is 3. The van der Waals surface area contributed by atoms with Crippen molar-refractivity contribution in [3.8, 4) is 0 Å². The monoisotopic (exact) mass is 310 g/mol. The molecule has 0 bridgehead atoms. The zero-order chi connectivity index (χ0) is 15.1. The summed E-state index contributed by atoms with van der Waals surface area (Å²) < 4.78 is 13.0. The Morgan fingerprint density at radius 3 is 3.00 bits per heavy atom. The Morgan fingerprint density at radius 1 is 1.43 bits per heavy atom. The topological polar surface area (TPSA) is 49.4 Å². The molecule has 1 aromatic carbocycles. The van der Waals surface area contributed by atoms with Gasteiger partial charge in [-0.15, -0.1) is 11.8 Å². The van der Waals surface area contributed by atoms with Crippen LogP contribution in [-0.4, -0.2) is 42.1 Å². The summed E-state index contributed by atoms with van der Waals surface area (Å²) in [6.07, 6.45) is 2.36. The molecule has 4 nitrogen and oxygen atoms in total. The Labute approximate surface area is 128 Å². The minimum atomic E-state index is -0.296. The van der Waals surface area contributed by atoms with Crippen LogP contribution in [-0.2, 0) is 9.59 Å². The van der Waals surface area contributed by atoms with Gasteiger partial charge in [0.2, 0.25) is 11.8 Å². The molecule has 0 atom stereocenters. The molecule has 1 fully saturated rings. The van der Waals surface area contributed by atoms with Gasteiger partial charge in [-0.05, 0) is 31.0 Å². The quantitative estimate of drug-likeness (QED) is 0.619. The molecule has 1 aliphatic heterocycles. The number of thioether (sulfide) groups is 1. The Kier molecular flexibility index (Phi) is 6.04. The number of carbonyl (C=O) groups is 2. The van der Waals surface area contributed by atoms with Crippen LogP contribution in [0, 0.1) is 5.82 Å². The van der Waals surface area contributed by atoms with Crippen molar-refractivity contribution in [1.29, 1.82) is 0 Å². The highest BCUT2D eigenvalue weighted by Crippen LogP contribution is 2.18. The van der Waals surface area contributed by atoms with Gasteiger partial charge in [0.25, 0.3) is 0 Å². The molecule has 2 amide bonds. The van der Waals surface area contributed by atoms with Crippen LogP contribution in [0.2, 0.25) is 0 Å². The van der Waals surface area contributed by atoms with E-state index in [0.29, 0.717) is 19.5 Å². The zero-order valence-electron chi connectivity index (χ0n) is 11.8. The SMILES string of the molecule is O=C(CSc1cccc(F)c1)NCCCN1CCCC1=O. The van der Waals surface area contributed by atoms with Gasteiger partial charge in [0.1, 0.15) is 5.82 Å². The van der Waals surface area contributed by atoms with E-state index in [1.165, 1.54) is 23.9 Å². The van der Waals surface area contributed by atoms with Crippen LogP contribution in [0.5, 0.6) is 0 Å². The lowest BCUT2D eigenvalue weighted by molar-refractivity contribution is -0.127. The van der Waals surface area contributed by atoms with E-state index in [1.54, 1.807) is 12.1 Å². The number of carbonyl (C=O) groups excluding carboxylic acids is 2. The second-order valence-electron chi connectivity index (χ2n) is 4.93. The van der Waals surface area contributed by atoms with Crippen molar-refractivity contribution in [1.82, 2.24) is 10.2 Å². The van der Waals surface area contributed by atoms with Crippen molar-refractivity contribution in [2.75, 3.05) is 25.4 Å². The maximum Gasteiger partial charge on any atom is 0.230 e. The van der Waals surface area contributed by atoms with Crippen molar-refractivity contribution < 1.29 is 14.0 Å². The highest BCUT2D eigenvalue weighted by molar-refractivity contribution is 8.00. The van der Waals surface area contributed by atoms with Gasteiger partial charge in [-0.2, -0.15) is 0 Å². The first-order chi connectivity index (χ1) is 10.1. The van der Waals surface area contributed by atoms with E-state index in [9.17, 15) is 14.0 Å². The summed E-state index contributed by atoms with van der Waals surface area (Å²) >= 11 is 1.31. The lowest BCUT2D eigenvalue weighted by Crippen LogP contribution is -2.31. The molecule has 0 unspecified atom stereocenters.